The Morgan fingerprint density at radius 1 is 1.07 bits per heavy atom. The van der Waals surface area contributed by atoms with Crippen LogP contribution in [0.2, 0.25) is 0 Å². The van der Waals surface area contributed by atoms with Gasteiger partial charge in [-0.25, -0.2) is 9.97 Å². The van der Waals surface area contributed by atoms with Crippen molar-refractivity contribution in [2.75, 3.05) is 39.5 Å². The lowest BCUT2D eigenvalue weighted by molar-refractivity contribution is -0.140. The number of aromatic hydroxyl groups is 1. The Morgan fingerprint density at radius 2 is 1.82 bits per heavy atom. The van der Waals surface area contributed by atoms with Crippen molar-refractivity contribution in [3.05, 3.63) is 65.1 Å². The molecule has 0 atom stereocenters. The maximum atomic E-state index is 14.0. The summed E-state index contributed by atoms with van der Waals surface area (Å²) in [6.45, 7) is 5.70. The second kappa shape index (κ2) is 11.5. The van der Waals surface area contributed by atoms with E-state index in [-0.39, 0.29) is 40.8 Å². The molecule has 0 bridgehead atoms. The van der Waals surface area contributed by atoms with E-state index < -0.39 is 11.9 Å². The Morgan fingerprint density at radius 3 is 2.48 bits per heavy atom. The number of rotatable bonds is 9. The van der Waals surface area contributed by atoms with Gasteiger partial charge in [0.05, 0.1) is 34.4 Å². The maximum Gasteiger partial charge on any atom is 0.435 e. The van der Waals surface area contributed by atoms with Crippen LogP contribution in [0, 0.1) is 6.92 Å². The van der Waals surface area contributed by atoms with Crippen LogP contribution in [-0.4, -0.2) is 74.8 Å². The van der Waals surface area contributed by atoms with Crippen molar-refractivity contribution in [3.63, 3.8) is 0 Å². The van der Waals surface area contributed by atoms with Crippen LogP contribution in [0.25, 0.3) is 22.3 Å². The Kier molecular flexibility index (Phi) is 8.29. The molecule has 1 aromatic carbocycles. The van der Waals surface area contributed by atoms with E-state index in [9.17, 15) is 23.1 Å². The number of fused-ring (bicyclic) bond motifs is 1. The van der Waals surface area contributed by atoms with Crippen LogP contribution in [0.3, 0.4) is 0 Å². The molecule has 0 unspecified atom stereocenters. The second-order valence-electron chi connectivity index (χ2n) is 9.81. The fourth-order valence-corrected chi connectivity index (χ4v) is 4.39. The third-order valence-electron chi connectivity index (χ3n) is 6.58. The number of likely N-dealkylation sites (N-methyl/N-ethyl adjacent to an activating group) is 1. The molecule has 40 heavy (non-hydrogen) atoms. The molecule has 0 aliphatic carbocycles. The van der Waals surface area contributed by atoms with E-state index in [1.807, 2.05) is 37.5 Å². The number of nitrogens with zero attached hydrogens (tertiary/aromatic N) is 6. The van der Waals surface area contributed by atoms with Crippen LogP contribution in [0.15, 0.2) is 42.6 Å². The van der Waals surface area contributed by atoms with Crippen LogP contribution >= 0.6 is 0 Å². The molecule has 0 aliphatic heterocycles. The number of hydrogen-bond acceptors (Lipinski definition) is 7. The maximum absolute atomic E-state index is 14.0. The molecule has 4 aromatic rings. The lowest BCUT2D eigenvalue weighted by atomic mass is 10.0. The van der Waals surface area contributed by atoms with E-state index in [0.717, 1.165) is 11.3 Å². The van der Waals surface area contributed by atoms with Gasteiger partial charge in [-0.3, -0.25) is 9.48 Å². The van der Waals surface area contributed by atoms with Gasteiger partial charge >= 0.3 is 6.18 Å². The zero-order chi connectivity index (χ0) is 29.2. The third kappa shape index (κ3) is 6.17. The summed E-state index contributed by atoms with van der Waals surface area (Å²) in [5.41, 5.74) is 1.20. The number of alkyl halides is 3. The van der Waals surface area contributed by atoms with Crippen molar-refractivity contribution in [3.8, 4) is 17.1 Å². The number of nitrogens with one attached hydrogen (secondary N) is 1. The summed E-state index contributed by atoms with van der Waals surface area (Å²) in [5, 5.41) is 17.6. The van der Waals surface area contributed by atoms with Crippen LogP contribution in [-0.2, 0) is 19.3 Å². The molecule has 3 aromatic heterocycles. The Bertz CT molecular complexity index is 1530. The smallest absolute Gasteiger partial charge is 0.435 e. The summed E-state index contributed by atoms with van der Waals surface area (Å²) in [5.74, 6) is -0.453. The highest BCUT2D eigenvalue weighted by atomic mass is 19.4. The predicted octanol–water partition coefficient (Wildman–Crippen LogP) is 4.79. The molecule has 0 saturated carbocycles. The van der Waals surface area contributed by atoms with Gasteiger partial charge in [0.25, 0.3) is 5.91 Å². The zero-order valence-corrected chi connectivity index (χ0v) is 23.0. The number of benzene rings is 1. The Hall–Kier alpha value is -4.19. The van der Waals surface area contributed by atoms with Crippen molar-refractivity contribution in [2.24, 2.45) is 0 Å². The minimum Gasteiger partial charge on any atom is -0.508 e. The first-order valence-electron chi connectivity index (χ1n) is 12.8. The Labute approximate surface area is 230 Å². The lowest BCUT2D eigenvalue weighted by Crippen LogP contribution is -2.27. The third-order valence-corrected chi connectivity index (χ3v) is 6.58. The first-order valence-corrected chi connectivity index (χ1v) is 12.8. The highest BCUT2D eigenvalue weighted by Gasteiger charge is 2.36. The summed E-state index contributed by atoms with van der Waals surface area (Å²) >= 11 is 0. The largest absolute Gasteiger partial charge is 0.508 e. The van der Waals surface area contributed by atoms with E-state index in [1.165, 1.54) is 41.3 Å². The average molecular weight is 556 g/mol. The number of anilines is 1. The first kappa shape index (κ1) is 28.8. The van der Waals surface area contributed by atoms with Crippen molar-refractivity contribution in [1.82, 2.24) is 29.5 Å². The molecule has 1 amide bonds. The summed E-state index contributed by atoms with van der Waals surface area (Å²) in [4.78, 5) is 25.4. The van der Waals surface area contributed by atoms with Crippen LogP contribution < -0.4 is 5.32 Å². The van der Waals surface area contributed by atoms with Crippen LogP contribution in [0.4, 0.5) is 18.9 Å². The number of pyridine rings is 2. The standard InChI is InChI=1S/C28H32F3N7O2/c1-6-38-17(2)18(15-33-38)16-37(5)27(40)21-14-25(34-22-8-7-19(39)13-20(21)22)23-9-10-24(32-11-12-36(3)4)26(35-23)28(29,30)31/h7-10,13-15,32,39H,6,11-12,16H2,1-5H3. The molecule has 12 heteroatoms. The SMILES string of the molecule is CCn1ncc(CN(C)C(=O)c2cc(-c3ccc(NCCN(C)C)c(C(F)(F)F)n3)nc3ccc(O)cc23)c1C. The van der Waals surface area contributed by atoms with Gasteiger partial charge in [-0.15, -0.1) is 0 Å². The fourth-order valence-electron chi connectivity index (χ4n) is 4.39. The normalized spacial score (nSPS) is 11.8. The second-order valence-corrected chi connectivity index (χ2v) is 9.81. The summed E-state index contributed by atoms with van der Waals surface area (Å²) < 4.78 is 43.8. The molecule has 9 nitrogen and oxygen atoms in total. The van der Waals surface area contributed by atoms with Gasteiger partial charge in [-0.1, -0.05) is 0 Å². The average Bonchev–Trinajstić information content (AvgIpc) is 3.25. The van der Waals surface area contributed by atoms with Gasteiger partial charge in [0, 0.05) is 49.9 Å². The molecular weight excluding hydrogens is 523 g/mol. The topological polar surface area (TPSA) is 99.4 Å². The van der Waals surface area contributed by atoms with Crippen LogP contribution in [0.5, 0.6) is 5.75 Å². The highest BCUT2D eigenvalue weighted by Crippen LogP contribution is 2.36. The minimum absolute atomic E-state index is 0.0303. The quantitative estimate of drug-likeness (QED) is 0.306. The molecule has 0 aliphatic rings. The van der Waals surface area contributed by atoms with E-state index in [1.54, 1.807) is 13.2 Å². The summed E-state index contributed by atoms with van der Waals surface area (Å²) in [6.07, 6.45) is -3.00. The summed E-state index contributed by atoms with van der Waals surface area (Å²) in [7, 11) is 5.29. The first-order chi connectivity index (χ1) is 18.9. The van der Waals surface area contributed by atoms with Gasteiger partial charge in [-0.05, 0) is 64.3 Å². The molecule has 4 rings (SSSR count). The van der Waals surface area contributed by atoms with E-state index in [4.69, 9.17) is 0 Å². The molecular formula is C28H32F3N7O2. The molecule has 0 saturated heterocycles. The number of aryl methyl sites for hydroxylation is 1. The Balaban J connectivity index is 1.76. The molecule has 212 valence electrons. The van der Waals surface area contributed by atoms with Crippen molar-refractivity contribution in [2.45, 2.75) is 33.1 Å². The number of aromatic nitrogens is 4. The number of carbonyl (C=O) groups excluding carboxylic acids is 1. The van der Waals surface area contributed by atoms with E-state index >= 15 is 0 Å². The summed E-state index contributed by atoms with van der Waals surface area (Å²) in [6, 6.07) is 8.53. The number of halogens is 3. The van der Waals surface area contributed by atoms with Gasteiger partial charge in [-0.2, -0.15) is 18.3 Å². The van der Waals surface area contributed by atoms with Crippen molar-refractivity contribution < 1.29 is 23.1 Å². The number of carbonyl (C=O) groups is 1. The predicted molar refractivity (Wildman–Crippen MR) is 147 cm³/mol. The molecule has 0 spiro atoms. The number of phenols is 1. The lowest BCUT2D eigenvalue weighted by Gasteiger charge is -2.19. The molecule has 3 heterocycles. The zero-order valence-electron chi connectivity index (χ0n) is 23.0. The fraction of sp³-hybridized carbons (Fsp3) is 0.357. The minimum atomic E-state index is -4.71. The highest BCUT2D eigenvalue weighted by molar-refractivity contribution is 6.07. The van der Waals surface area contributed by atoms with E-state index in [2.05, 4.69) is 20.4 Å². The van der Waals surface area contributed by atoms with Crippen molar-refractivity contribution in [1.29, 1.82) is 0 Å². The van der Waals surface area contributed by atoms with Gasteiger partial charge < -0.3 is 20.2 Å². The van der Waals surface area contributed by atoms with Gasteiger partial charge in [0.1, 0.15) is 5.75 Å². The van der Waals surface area contributed by atoms with Gasteiger partial charge in [0.2, 0.25) is 0 Å². The van der Waals surface area contributed by atoms with Crippen LogP contribution in [0.1, 0.15) is 34.2 Å². The van der Waals surface area contributed by atoms with E-state index in [0.29, 0.717) is 30.5 Å². The van der Waals surface area contributed by atoms with Gasteiger partial charge in [0.15, 0.2) is 5.69 Å². The van der Waals surface area contributed by atoms with Crippen molar-refractivity contribution >= 4 is 22.5 Å². The number of amides is 1. The molecule has 2 N–H and O–H groups in total. The molecule has 0 fully saturated rings. The monoisotopic (exact) mass is 555 g/mol. The number of hydrogen-bond donors (Lipinski definition) is 2. The number of phenolic OH excluding ortho intramolecular Hbond substituents is 1. The molecule has 0 radical (unpaired) electrons.